The second-order valence-corrected chi connectivity index (χ2v) is 2.20. The number of ether oxygens (including phenoxy) is 2. The molecule has 1 atom stereocenters. The molecule has 3 heteroatoms. The predicted octanol–water partition coefficient (Wildman–Crippen LogP) is 0.332. The summed E-state index contributed by atoms with van der Waals surface area (Å²) in [6.07, 6.45) is 0.398. The lowest BCUT2D eigenvalue weighted by Crippen LogP contribution is -2.02. The summed E-state index contributed by atoms with van der Waals surface area (Å²) in [4.78, 5) is 0. The quantitative estimate of drug-likeness (QED) is 0.340. The Bertz CT molecular complexity index is 63.4. The highest BCUT2D eigenvalue weighted by Crippen LogP contribution is 2.07. The molecule has 0 N–H and O–H groups in total. The Hall–Kier alpha value is 0.270. The predicted molar refractivity (Wildman–Crippen MR) is 34.4 cm³/mol. The van der Waals surface area contributed by atoms with E-state index in [-0.39, 0.29) is 0 Å². The minimum Gasteiger partial charge on any atom is -0.378 e. The third kappa shape index (κ3) is 2.55. The first-order valence-corrected chi connectivity index (χ1v) is 3.37. The van der Waals surface area contributed by atoms with E-state index < -0.39 is 0 Å². The zero-order chi connectivity index (χ0) is 5.82. The van der Waals surface area contributed by atoms with Gasteiger partial charge in [0.2, 0.25) is 0 Å². The summed E-state index contributed by atoms with van der Waals surface area (Å²) in [5, 5.41) is 0. The van der Waals surface area contributed by atoms with Gasteiger partial charge in [0.05, 0.1) is 19.8 Å². The number of rotatable bonds is 4. The highest BCUT2D eigenvalue weighted by molar-refractivity contribution is 7.80. The molecule has 1 rings (SSSR count). The summed E-state index contributed by atoms with van der Waals surface area (Å²) in [5.74, 6) is 0.798. The van der Waals surface area contributed by atoms with Crippen LogP contribution in [0.2, 0.25) is 0 Å². The van der Waals surface area contributed by atoms with Gasteiger partial charge in [-0.2, -0.15) is 12.6 Å². The van der Waals surface area contributed by atoms with Crippen LogP contribution in [0.15, 0.2) is 0 Å². The molecule has 1 unspecified atom stereocenters. The number of hydrogen-bond acceptors (Lipinski definition) is 3. The highest BCUT2D eigenvalue weighted by atomic mass is 32.1. The van der Waals surface area contributed by atoms with Crippen LogP contribution in [0.3, 0.4) is 0 Å². The fraction of sp³-hybridized carbons (Fsp3) is 1.00. The third-order valence-corrected chi connectivity index (χ3v) is 1.12. The standard InChI is InChI=1S/C5H10O2S/c8-2-1-6-3-5-4-7-5/h5,8H,1-4H2. The number of thiol groups is 1. The lowest BCUT2D eigenvalue weighted by atomic mass is 10.5. The largest absolute Gasteiger partial charge is 0.378 e. The zero-order valence-electron chi connectivity index (χ0n) is 4.67. The molecule has 0 saturated carbocycles. The maximum atomic E-state index is 5.11. The highest BCUT2D eigenvalue weighted by Gasteiger charge is 2.21. The van der Waals surface area contributed by atoms with Gasteiger partial charge < -0.3 is 9.47 Å². The molecule has 48 valence electrons. The van der Waals surface area contributed by atoms with Crippen molar-refractivity contribution in [1.29, 1.82) is 0 Å². The van der Waals surface area contributed by atoms with Crippen LogP contribution in [0.25, 0.3) is 0 Å². The number of epoxide rings is 1. The van der Waals surface area contributed by atoms with Crippen molar-refractivity contribution in [1.82, 2.24) is 0 Å². The second kappa shape index (κ2) is 3.33. The molecule has 1 aliphatic rings. The van der Waals surface area contributed by atoms with Gasteiger partial charge in [-0.3, -0.25) is 0 Å². The van der Waals surface area contributed by atoms with Crippen LogP contribution in [-0.2, 0) is 9.47 Å². The molecule has 0 spiro atoms. The monoisotopic (exact) mass is 134 g/mol. The lowest BCUT2D eigenvalue weighted by Gasteiger charge is -1.95. The van der Waals surface area contributed by atoms with Crippen molar-refractivity contribution in [3.05, 3.63) is 0 Å². The van der Waals surface area contributed by atoms with E-state index in [0.29, 0.717) is 6.10 Å². The van der Waals surface area contributed by atoms with Gasteiger partial charge >= 0.3 is 0 Å². The summed E-state index contributed by atoms with van der Waals surface area (Å²) in [5.41, 5.74) is 0. The molecule has 1 aliphatic heterocycles. The first-order valence-electron chi connectivity index (χ1n) is 2.73. The number of hydrogen-bond donors (Lipinski definition) is 1. The van der Waals surface area contributed by atoms with Crippen LogP contribution in [0, 0.1) is 0 Å². The molecule has 0 amide bonds. The Morgan fingerprint density at radius 2 is 2.50 bits per heavy atom. The SMILES string of the molecule is SCCOCC1CO1. The van der Waals surface area contributed by atoms with Crippen LogP contribution < -0.4 is 0 Å². The third-order valence-electron chi connectivity index (χ3n) is 0.942. The van der Waals surface area contributed by atoms with Crippen molar-refractivity contribution in [3.8, 4) is 0 Å². The summed E-state index contributed by atoms with van der Waals surface area (Å²) in [6, 6.07) is 0. The van der Waals surface area contributed by atoms with Crippen LogP contribution in [0.5, 0.6) is 0 Å². The topological polar surface area (TPSA) is 21.8 Å². The average molecular weight is 134 g/mol. The maximum Gasteiger partial charge on any atom is 0.104 e. The molecule has 1 saturated heterocycles. The molecule has 0 aromatic rings. The van der Waals surface area contributed by atoms with Crippen LogP contribution >= 0.6 is 12.6 Å². The van der Waals surface area contributed by atoms with E-state index in [1.165, 1.54) is 0 Å². The van der Waals surface area contributed by atoms with E-state index in [1.807, 2.05) is 0 Å². The smallest absolute Gasteiger partial charge is 0.104 e. The first kappa shape index (κ1) is 6.39. The van der Waals surface area contributed by atoms with Gasteiger partial charge in [-0.1, -0.05) is 0 Å². The van der Waals surface area contributed by atoms with Crippen LogP contribution in [-0.4, -0.2) is 31.7 Å². The molecular formula is C5H10O2S. The van der Waals surface area contributed by atoms with Gasteiger partial charge in [-0.05, 0) is 0 Å². The summed E-state index contributed by atoms with van der Waals surface area (Å²) in [6.45, 7) is 2.37. The van der Waals surface area contributed by atoms with Crippen LogP contribution in [0.1, 0.15) is 0 Å². The molecule has 1 fully saturated rings. The van der Waals surface area contributed by atoms with Gasteiger partial charge in [-0.15, -0.1) is 0 Å². The fourth-order valence-corrected chi connectivity index (χ4v) is 0.573. The second-order valence-electron chi connectivity index (χ2n) is 1.75. The summed E-state index contributed by atoms with van der Waals surface area (Å²) in [7, 11) is 0. The Labute approximate surface area is 54.6 Å². The van der Waals surface area contributed by atoms with E-state index in [9.17, 15) is 0 Å². The van der Waals surface area contributed by atoms with Crippen LogP contribution in [0.4, 0.5) is 0 Å². The van der Waals surface area contributed by atoms with Gasteiger partial charge in [0.25, 0.3) is 0 Å². The summed E-state index contributed by atoms with van der Waals surface area (Å²) >= 11 is 3.98. The van der Waals surface area contributed by atoms with E-state index in [0.717, 1.165) is 25.6 Å². The van der Waals surface area contributed by atoms with Crippen molar-refractivity contribution in [2.24, 2.45) is 0 Å². The van der Waals surface area contributed by atoms with Gasteiger partial charge in [0, 0.05) is 5.75 Å². The molecular weight excluding hydrogens is 124 g/mol. The Morgan fingerprint density at radius 1 is 1.75 bits per heavy atom. The molecule has 0 bridgehead atoms. The first-order chi connectivity index (χ1) is 3.93. The minimum atomic E-state index is 0.398. The zero-order valence-corrected chi connectivity index (χ0v) is 5.56. The molecule has 2 nitrogen and oxygen atoms in total. The Kier molecular flexibility index (Phi) is 2.66. The Balaban J connectivity index is 1.74. The average Bonchev–Trinajstić information content (AvgIpc) is 2.51. The maximum absolute atomic E-state index is 5.11. The molecule has 0 aromatic carbocycles. The minimum absolute atomic E-state index is 0.398. The van der Waals surface area contributed by atoms with E-state index in [2.05, 4.69) is 12.6 Å². The van der Waals surface area contributed by atoms with Crippen molar-refractivity contribution in [2.75, 3.05) is 25.6 Å². The van der Waals surface area contributed by atoms with E-state index in [4.69, 9.17) is 9.47 Å². The molecule has 0 radical (unpaired) electrons. The lowest BCUT2D eigenvalue weighted by molar-refractivity contribution is 0.130. The van der Waals surface area contributed by atoms with Crippen molar-refractivity contribution < 1.29 is 9.47 Å². The van der Waals surface area contributed by atoms with Gasteiger partial charge in [0.15, 0.2) is 0 Å². The molecule has 1 heterocycles. The Morgan fingerprint density at radius 3 is 3.00 bits per heavy atom. The van der Waals surface area contributed by atoms with Crippen molar-refractivity contribution in [3.63, 3.8) is 0 Å². The molecule has 0 aliphatic carbocycles. The van der Waals surface area contributed by atoms with E-state index in [1.54, 1.807) is 0 Å². The van der Waals surface area contributed by atoms with E-state index >= 15 is 0 Å². The normalized spacial score (nSPS) is 25.9. The fourth-order valence-electron chi connectivity index (χ4n) is 0.444. The molecule has 8 heavy (non-hydrogen) atoms. The van der Waals surface area contributed by atoms with Gasteiger partial charge in [-0.25, -0.2) is 0 Å². The van der Waals surface area contributed by atoms with Crippen molar-refractivity contribution in [2.45, 2.75) is 6.10 Å². The van der Waals surface area contributed by atoms with Crippen molar-refractivity contribution >= 4 is 12.6 Å². The summed E-state index contributed by atoms with van der Waals surface area (Å²) < 4.78 is 10.0. The molecule has 0 aromatic heterocycles. The van der Waals surface area contributed by atoms with Gasteiger partial charge in [0.1, 0.15) is 6.10 Å².